The van der Waals surface area contributed by atoms with Crippen LogP contribution in [-0.4, -0.2) is 67.8 Å². The molecule has 0 saturated carbocycles. The third-order valence-electron chi connectivity index (χ3n) is 7.23. The van der Waals surface area contributed by atoms with E-state index in [1.54, 1.807) is 11.3 Å². The zero-order valence-electron chi connectivity index (χ0n) is 23.0. The molecule has 3 heterocycles. The first-order chi connectivity index (χ1) is 19.5. The molecule has 2 aromatic carbocycles. The Morgan fingerprint density at radius 1 is 0.975 bits per heavy atom. The summed E-state index contributed by atoms with van der Waals surface area (Å²) in [5, 5.41) is 11.6. The molecular formula is C31H35N5O2S2. The normalized spacial score (nSPS) is 15.4. The number of hydrogen-bond donors (Lipinski definition) is 0. The third-order valence-corrected chi connectivity index (χ3v) is 9.00. The lowest BCUT2D eigenvalue weighted by atomic mass is 10.0. The molecular weight excluding hydrogens is 539 g/mol. The standard InChI is InChI=1S/C31H35N5O2S2/c1-3-4-6-10-24-14-16-25(17-15-24)30(38)35-19-18-34(21-23(35)2)28(37)22-40-31-33-32-29(27-13-9-20-39-27)36(31)26-11-7-5-8-12-26/h5,7-9,11-17,20,23H,3-4,6,10,18-19,21-22H2,1-2H3. The van der Waals surface area contributed by atoms with Crippen LogP contribution in [0.1, 0.15) is 49.0 Å². The second-order valence-electron chi connectivity index (χ2n) is 10.1. The van der Waals surface area contributed by atoms with Crippen molar-refractivity contribution >= 4 is 34.9 Å². The number of carbonyl (C=O) groups is 2. The van der Waals surface area contributed by atoms with Gasteiger partial charge in [-0.1, -0.05) is 67.9 Å². The van der Waals surface area contributed by atoms with Crippen molar-refractivity contribution in [1.82, 2.24) is 24.6 Å². The summed E-state index contributed by atoms with van der Waals surface area (Å²) in [5.74, 6) is 1.10. The van der Waals surface area contributed by atoms with Crippen LogP contribution in [0, 0.1) is 0 Å². The van der Waals surface area contributed by atoms with Crippen LogP contribution in [0.2, 0.25) is 0 Å². The summed E-state index contributed by atoms with van der Waals surface area (Å²) in [6, 6.07) is 22.0. The number of amides is 2. The fourth-order valence-corrected chi connectivity index (χ4v) is 6.55. The molecule has 7 nitrogen and oxygen atoms in total. The molecule has 2 amide bonds. The van der Waals surface area contributed by atoms with Gasteiger partial charge in [0.2, 0.25) is 5.91 Å². The van der Waals surface area contributed by atoms with E-state index in [2.05, 4.69) is 29.3 Å². The van der Waals surface area contributed by atoms with Crippen LogP contribution in [0.3, 0.4) is 0 Å². The van der Waals surface area contributed by atoms with Crippen molar-refractivity contribution in [2.45, 2.75) is 50.7 Å². The summed E-state index contributed by atoms with van der Waals surface area (Å²) in [7, 11) is 0. The molecule has 0 radical (unpaired) electrons. The minimum Gasteiger partial charge on any atom is -0.338 e. The number of thioether (sulfide) groups is 1. The summed E-state index contributed by atoms with van der Waals surface area (Å²) in [5.41, 5.74) is 2.94. The monoisotopic (exact) mass is 573 g/mol. The van der Waals surface area contributed by atoms with Crippen molar-refractivity contribution in [3.8, 4) is 16.4 Å². The molecule has 0 bridgehead atoms. The molecule has 1 aliphatic rings. The maximum absolute atomic E-state index is 13.2. The van der Waals surface area contributed by atoms with E-state index in [0.717, 1.165) is 22.8 Å². The maximum atomic E-state index is 13.2. The van der Waals surface area contributed by atoms with E-state index in [1.165, 1.54) is 36.6 Å². The second-order valence-corrected chi connectivity index (χ2v) is 12.0. The van der Waals surface area contributed by atoms with Gasteiger partial charge in [-0.05, 0) is 61.0 Å². The number of carbonyl (C=O) groups excluding carboxylic acids is 2. The molecule has 1 unspecified atom stereocenters. The van der Waals surface area contributed by atoms with Gasteiger partial charge in [0.1, 0.15) is 0 Å². The molecule has 40 heavy (non-hydrogen) atoms. The zero-order chi connectivity index (χ0) is 27.9. The van der Waals surface area contributed by atoms with Gasteiger partial charge in [-0.2, -0.15) is 0 Å². The lowest BCUT2D eigenvalue weighted by Gasteiger charge is -2.40. The zero-order valence-corrected chi connectivity index (χ0v) is 24.7. The first-order valence-electron chi connectivity index (χ1n) is 13.9. The van der Waals surface area contributed by atoms with E-state index < -0.39 is 0 Å². The Morgan fingerprint density at radius 3 is 2.48 bits per heavy atom. The van der Waals surface area contributed by atoms with Gasteiger partial charge in [0.15, 0.2) is 11.0 Å². The van der Waals surface area contributed by atoms with E-state index in [4.69, 9.17) is 0 Å². The van der Waals surface area contributed by atoms with E-state index >= 15 is 0 Å². The van der Waals surface area contributed by atoms with Crippen LogP contribution in [0.15, 0.2) is 77.3 Å². The van der Waals surface area contributed by atoms with Crippen molar-refractivity contribution in [3.63, 3.8) is 0 Å². The summed E-state index contributed by atoms with van der Waals surface area (Å²) in [4.78, 5) is 31.3. The number of nitrogens with zero attached hydrogens (tertiary/aromatic N) is 5. The number of aromatic nitrogens is 3. The highest BCUT2D eigenvalue weighted by molar-refractivity contribution is 7.99. The number of benzene rings is 2. The van der Waals surface area contributed by atoms with Crippen molar-refractivity contribution in [2.24, 2.45) is 0 Å². The highest BCUT2D eigenvalue weighted by Crippen LogP contribution is 2.30. The largest absolute Gasteiger partial charge is 0.338 e. The molecule has 1 aliphatic heterocycles. The number of rotatable bonds is 10. The summed E-state index contributed by atoms with van der Waals surface area (Å²) in [6.07, 6.45) is 4.65. The van der Waals surface area contributed by atoms with Crippen LogP contribution in [-0.2, 0) is 11.2 Å². The summed E-state index contributed by atoms with van der Waals surface area (Å²) >= 11 is 3.01. The van der Waals surface area contributed by atoms with Gasteiger partial charge in [0.25, 0.3) is 5.91 Å². The molecule has 0 aliphatic carbocycles. The Morgan fingerprint density at radius 2 is 1.77 bits per heavy atom. The van der Waals surface area contributed by atoms with Crippen LogP contribution in [0.4, 0.5) is 0 Å². The number of para-hydroxylation sites is 1. The van der Waals surface area contributed by atoms with Crippen LogP contribution < -0.4 is 0 Å². The molecule has 208 valence electrons. The molecule has 0 spiro atoms. The van der Waals surface area contributed by atoms with E-state index in [1.807, 2.05) is 81.3 Å². The first kappa shape index (κ1) is 28.1. The smallest absolute Gasteiger partial charge is 0.254 e. The number of thiophene rings is 1. The van der Waals surface area contributed by atoms with Crippen molar-refractivity contribution < 1.29 is 9.59 Å². The fraction of sp³-hybridized carbons (Fsp3) is 0.355. The second kappa shape index (κ2) is 13.3. The Bertz CT molecular complexity index is 1400. The Kier molecular flexibility index (Phi) is 9.34. The molecule has 1 fully saturated rings. The summed E-state index contributed by atoms with van der Waals surface area (Å²) < 4.78 is 2.01. The Labute approximate surface area is 244 Å². The molecule has 9 heteroatoms. The number of piperazine rings is 1. The minimum atomic E-state index is -0.0576. The lowest BCUT2D eigenvalue weighted by molar-refractivity contribution is -0.130. The summed E-state index contributed by atoms with van der Waals surface area (Å²) in [6.45, 7) is 5.79. The van der Waals surface area contributed by atoms with Crippen molar-refractivity contribution in [3.05, 3.63) is 83.2 Å². The van der Waals surface area contributed by atoms with E-state index in [-0.39, 0.29) is 23.6 Å². The molecule has 5 rings (SSSR count). The van der Waals surface area contributed by atoms with Gasteiger partial charge in [0.05, 0.1) is 10.6 Å². The number of unbranched alkanes of at least 4 members (excludes halogenated alkanes) is 2. The first-order valence-corrected chi connectivity index (χ1v) is 15.8. The average molecular weight is 574 g/mol. The maximum Gasteiger partial charge on any atom is 0.254 e. The third kappa shape index (κ3) is 6.47. The Hall–Kier alpha value is -3.43. The van der Waals surface area contributed by atoms with Gasteiger partial charge in [0, 0.05) is 36.9 Å². The quantitative estimate of drug-likeness (QED) is 0.167. The van der Waals surface area contributed by atoms with Crippen LogP contribution in [0.25, 0.3) is 16.4 Å². The predicted octanol–water partition coefficient (Wildman–Crippen LogP) is 6.19. The topological polar surface area (TPSA) is 71.3 Å². The van der Waals surface area contributed by atoms with Gasteiger partial charge in [-0.3, -0.25) is 14.2 Å². The van der Waals surface area contributed by atoms with Gasteiger partial charge >= 0.3 is 0 Å². The van der Waals surface area contributed by atoms with Crippen molar-refractivity contribution in [1.29, 1.82) is 0 Å². The molecule has 2 aromatic heterocycles. The highest BCUT2D eigenvalue weighted by atomic mass is 32.2. The SMILES string of the molecule is CCCCCc1ccc(C(=O)N2CCN(C(=O)CSc3nnc(-c4cccs4)n3-c3ccccc3)CC2C)cc1. The van der Waals surface area contributed by atoms with Crippen molar-refractivity contribution in [2.75, 3.05) is 25.4 Å². The molecule has 4 aromatic rings. The van der Waals surface area contributed by atoms with Crippen LogP contribution >= 0.6 is 23.1 Å². The average Bonchev–Trinajstić information content (AvgIpc) is 3.67. The minimum absolute atomic E-state index is 0.0335. The van der Waals surface area contributed by atoms with Crippen LogP contribution in [0.5, 0.6) is 0 Å². The molecule has 1 saturated heterocycles. The lowest BCUT2D eigenvalue weighted by Crippen LogP contribution is -2.55. The fourth-order valence-electron chi connectivity index (χ4n) is 5.00. The highest BCUT2D eigenvalue weighted by Gasteiger charge is 2.30. The van der Waals surface area contributed by atoms with E-state index in [0.29, 0.717) is 30.4 Å². The molecule has 0 N–H and O–H groups in total. The van der Waals surface area contributed by atoms with Gasteiger partial charge in [-0.25, -0.2) is 0 Å². The predicted molar refractivity (Wildman–Crippen MR) is 162 cm³/mol. The van der Waals surface area contributed by atoms with E-state index in [9.17, 15) is 9.59 Å². The number of hydrogen-bond acceptors (Lipinski definition) is 6. The number of aryl methyl sites for hydroxylation is 1. The molecule has 1 atom stereocenters. The van der Waals surface area contributed by atoms with Gasteiger partial charge in [-0.15, -0.1) is 21.5 Å². The Balaban J connectivity index is 1.19. The van der Waals surface area contributed by atoms with Gasteiger partial charge < -0.3 is 9.80 Å².